The van der Waals surface area contributed by atoms with E-state index in [-0.39, 0.29) is 17.9 Å². The maximum absolute atomic E-state index is 13.2. The van der Waals surface area contributed by atoms with E-state index in [1.165, 1.54) is 0 Å². The number of amides is 3. The predicted octanol–water partition coefficient (Wildman–Crippen LogP) is 2.30. The van der Waals surface area contributed by atoms with E-state index in [0.717, 1.165) is 55.7 Å². The Balaban J connectivity index is 1.51. The maximum Gasteiger partial charge on any atom is 0.314 e. The Morgan fingerprint density at radius 3 is 2.59 bits per heavy atom. The summed E-state index contributed by atoms with van der Waals surface area (Å²) < 4.78 is 11.5. The van der Waals surface area contributed by atoms with Crippen LogP contribution in [-0.2, 0) is 4.79 Å². The summed E-state index contributed by atoms with van der Waals surface area (Å²) in [5.74, 6) is 1.51. The number of carbonyl (C=O) groups excluding carboxylic acids is 2. The van der Waals surface area contributed by atoms with E-state index in [4.69, 9.17) is 15.2 Å². The van der Waals surface area contributed by atoms with Crippen LogP contribution in [-0.4, -0.2) is 54.6 Å². The SMILES string of the molecule is NC(=O)N1CCCC(C(=O)N2CCCC2c2ccc3c(c2)OCCCO3)C1. The van der Waals surface area contributed by atoms with E-state index < -0.39 is 6.03 Å². The van der Waals surface area contributed by atoms with Crippen LogP contribution in [0.5, 0.6) is 11.5 Å². The summed E-state index contributed by atoms with van der Waals surface area (Å²) in [7, 11) is 0. The minimum absolute atomic E-state index is 0.0543. The second-order valence-corrected chi connectivity index (χ2v) is 7.57. The molecule has 3 heterocycles. The standard InChI is InChI=1S/C20H27N3O4/c21-20(25)22-8-1-4-15(13-22)19(24)23-9-2-5-16(23)14-6-7-17-18(12-14)27-11-3-10-26-17/h6-7,12,15-16H,1-5,8-11,13H2,(H2,21,25). The number of carbonyl (C=O) groups is 2. The van der Waals surface area contributed by atoms with Crippen molar-refractivity contribution in [1.82, 2.24) is 9.80 Å². The number of primary amides is 1. The highest BCUT2D eigenvalue weighted by atomic mass is 16.5. The Kier molecular flexibility index (Phi) is 5.09. The molecule has 3 aliphatic rings. The third-order valence-electron chi connectivity index (χ3n) is 5.77. The number of benzene rings is 1. The summed E-state index contributed by atoms with van der Waals surface area (Å²) in [5, 5.41) is 0. The molecule has 7 heteroatoms. The summed E-state index contributed by atoms with van der Waals surface area (Å²) in [4.78, 5) is 28.2. The fourth-order valence-electron chi connectivity index (χ4n) is 4.38. The summed E-state index contributed by atoms with van der Waals surface area (Å²) >= 11 is 0. The van der Waals surface area contributed by atoms with Gasteiger partial charge in [0.2, 0.25) is 5.91 Å². The highest BCUT2D eigenvalue weighted by Gasteiger charge is 2.36. The Hall–Kier alpha value is -2.44. The Morgan fingerprint density at radius 1 is 1.00 bits per heavy atom. The largest absolute Gasteiger partial charge is 0.490 e. The van der Waals surface area contributed by atoms with Crippen LogP contribution in [0.15, 0.2) is 18.2 Å². The van der Waals surface area contributed by atoms with Crippen molar-refractivity contribution in [1.29, 1.82) is 0 Å². The third-order valence-corrected chi connectivity index (χ3v) is 5.77. The number of hydrogen-bond donors (Lipinski definition) is 1. The number of rotatable bonds is 2. The number of piperidine rings is 1. The molecule has 7 nitrogen and oxygen atoms in total. The number of fused-ring (bicyclic) bond motifs is 1. The first kappa shape index (κ1) is 17.9. The minimum Gasteiger partial charge on any atom is -0.490 e. The van der Waals surface area contributed by atoms with Crippen molar-refractivity contribution in [2.45, 2.75) is 38.1 Å². The van der Waals surface area contributed by atoms with E-state index in [0.29, 0.717) is 26.3 Å². The molecule has 1 aromatic carbocycles. The van der Waals surface area contributed by atoms with Crippen LogP contribution in [0, 0.1) is 5.92 Å². The second kappa shape index (κ2) is 7.66. The molecule has 2 saturated heterocycles. The molecule has 0 aromatic heterocycles. The van der Waals surface area contributed by atoms with Crippen LogP contribution in [0.3, 0.4) is 0 Å². The number of nitrogens with two attached hydrogens (primary N) is 1. The zero-order valence-electron chi connectivity index (χ0n) is 15.6. The monoisotopic (exact) mass is 373 g/mol. The van der Waals surface area contributed by atoms with E-state index in [1.54, 1.807) is 4.90 Å². The Bertz CT molecular complexity index is 723. The van der Waals surface area contributed by atoms with Gasteiger partial charge in [0.15, 0.2) is 11.5 Å². The highest BCUT2D eigenvalue weighted by molar-refractivity contribution is 5.81. The zero-order valence-corrected chi connectivity index (χ0v) is 15.6. The normalized spacial score (nSPS) is 25.2. The molecule has 0 radical (unpaired) electrons. The molecule has 27 heavy (non-hydrogen) atoms. The van der Waals surface area contributed by atoms with Gasteiger partial charge in [-0.1, -0.05) is 6.07 Å². The van der Waals surface area contributed by atoms with Crippen molar-refractivity contribution in [2.24, 2.45) is 11.7 Å². The van der Waals surface area contributed by atoms with Gasteiger partial charge in [0.25, 0.3) is 0 Å². The summed E-state index contributed by atoms with van der Waals surface area (Å²) in [6.07, 6.45) is 4.43. The van der Waals surface area contributed by atoms with Gasteiger partial charge < -0.3 is 25.0 Å². The molecule has 0 aliphatic carbocycles. The maximum atomic E-state index is 13.2. The van der Waals surface area contributed by atoms with Crippen LogP contribution in [0.1, 0.15) is 43.7 Å². The first-order chi connectivity index (χ1) is 13.1. The van der Waals surface area contributed by atoms with Crippen molar-refractivity contribution in [3.8, 4) is 11.5 Å². The molecule has 2 unspecified atom stereocenters. The second-order valence-electron chi connectivity index (χ2n) is 7.57. The Labute approximate surface area is 159 Å². The minimum atomic E-state index is -0.437. The first-order valence-electron chi connectivity index (χ1n) is 9.88. The predicted molar refractivity (Wildman–Crippen MR) is 99.6 cm³/mol. The topological polar surface area (TPSA) is 85.1 Å². The van der Waals surface area contributed by atoms with Crippen LogP contribution in [0.4, 0.5) is 4.79 Å². The van der Waals surface area contributed by atoms with Gasteiger partial charge in [-0.15, -0.1) is 0 Å². The van der Waals surface area contributed by atoms with Gasteiger partial charge in [-0.2, -0.15) is 0 Å². The number of hydrogen-bond acceptors (Lipinski definition) is 4. The van der Waals surface area contributed by atoms with Crippen molar-refractivity contribution in [3.63, 3.8) is 0 Å². The van der Waals surface area contributed by atoms with Crippen LogP contribution in [0.25, 0.3) is 0 Å². The smallest absolute Gasteiger partial charge is 0.314 e. The number of nitrogens with zero attached hydrogens (tertiary/aromatic N) is 2. The van der Waals surface area contributed by atoms with Gasteiger partial charge in [-0.25, -0.2) is 4.79 Å². The molecule has 1 aromatic rings. The molecule has 0 saturated carbocycles. The van der Waals surface area contributed by atoms with Crippen LogP contribution < -0.4 is 15.2 Å². The molecular weight excluding hydrogens is 346 g/mol. The van der Waals surface area contributed by atoms with Gasteiger partial charge in [0, 0.05) is 26.1 Å². The molecule has 0 spiro atoms. The molecule has 3 aliphatic heterocycles. The molecule has 2 fully saturated rings. The van der Waals surface area contributed by atoms with Gasteiger partial charge in [-0.05, 0) is 43.4 Å². The Morgan fingerprint density at radius 2 is 1.78 bits per heavy atom. The van der Waals surface area contributed by atoms with Gasteiger partial charge in [-0.3, -0.25) is 4.79 Å². The highest BCUT2D eigenvalue weighted by Crippen LogP contribution is 2.39. The number of urea groups is 1. The fourth-order valence-corrected chi connectivity index (χ4v) is 4.38. The molecule has 2 N–H and O–H groups in total. The molecule has 0 bridgehead atoms. The lowest BCUT2D eigenvalue weighted by Gasteiger charge is -2.35. The van der Waals surface area contributed by atoms with Crippen LogP contribution in [0.2, 0.25) is 0 Å². The van der Waals surface area contributed by atoms with Gasteiger partial charge >= 0.3 is 6.03 Å². The fraction of sp³-hybridized carbons (Fsp3) is 0.600. The average molecular weight is 373 g/mol. The quantitative estimate of drug-likeness (QED) is 0.862. The van der Waals surface area contributed by atoms with E-state index in [9.17, 15) is 9.59 Å². The summed E-state index contributed by atoms with van der Waals surface area (Å²) in [6.45, 7) is 3.14. The zero-order chi connectivity index (χ0) is 18.8. The lowest BCUT2D eigenvalue weighted by atomic mass is 9.95. The molecule has 146 valence electrons. The molecular formula is C20H27N3O4. The summed E-state index contributed by atoms with van der Waals surface area (Å²) in [6, 6.07) is 5.63. The van der Waals surface area contributed by atoms with Crippen molar-refractivity contribution in [2.75, 3.05) is 32.8 Å². The van der Waals surface area contributed by atoms with Crippen molar-refractivity contribution < 1.29 is 19.1 Å². The lowest BCUT2D eigenvalue weighted by Crippen LogP contribution is -2.48. The van der Waals surface area contributed by atoms with Crippen molar-refractivity contribution >= 4 is 11.9 Å². The molecule has 2 atom stereocenters. The van der Waals surface area contributed by atoms with Gasteiger partial charge in [0.1, 0.15) is 0 Å². The van der Waals surface area contributed by atoms with Gasteiger partial charge in [0.05, 0.1) is 25.2 Å². The third kappa shape index (κ3) is 3.68. The average Bonchev–Trinajstić information content (AvgIpc) is 3.06. The van der Waals surface area contributed by atoms with E-state index in [1.807, 2.05) is 23.1 Å². The first-order valence-corrected chi connectivity index (χ1v) is 9.88. The van der Waals surface area contributed by atoms with Crippen LogP contribution >= 0.6 is 0 Å². The van der Waals surface area contributed by atoms with E-state index >= 15 is 0 Å². The van der Waals surface area contributed by atoms with Crippen molar-refractivity contribution in [3.05, 3.63) is 23.8 Å². The molecule has 4 rings (SSSR count). The van der Waals surface area contributed by atoms with E-state index in [2.05, 4.69) is 0 Å². The molecule has 3 amide bonds. The summed E-state index contributed by atoms with van der Waals surface area (Å²) in [5.41, 5.74) is 6.51. The number of ether oxygens (including phenoxy) is 2. The number of likely N-dealkylation sites (tertiary alicyclic amines) is 2. The lowest BCUT2D eigenvalue weighted by molar-refractivity contribution is -0.137.